The molecule has 0 aliphatic carbocycles. The van der Waals surface area contributed by atoms with E-state index in [0.29, 0.717) is 11.3 Å². The number of nitrogens with one attached hydrogen (secondary N) is 3. The summed E-state index contributed by atoms with van der Waals surface area (Å²) in [5, 5.41) is 14.2. The van der Waals surface area contributed by atoms with Crippen molar-refractivity contribution in [3.8, 4) is 0 Å². The van der Waals surface area contributed by atoms with Crippen molar-refractivity contribution in [3.05, 3.63) is 64.4 Å². The van der Waals surface area contributed by atoms with Crippen molar-refractivity contribution >= 4 is 33.4 Å². The van der Waals surface area contributed by atoms with Crippen molar-refractivity contribution in [2.45, 2.75) is 6.04 Å². The zero-order valence-corrected chi connectivity index (χ0v) is 14.0. The first-order chi connectivity index (χ1) is 11.5. The smallest absolute Gasteiger partial charge is 0.270 e. The highest BCUT2D eigenvalue weighted by atomic mass is 79.9. The van der Waals surface area contributed by atoms with Gasteiger partial charge in [-0.3, -0.25) is 14.8 Å². The molecule has 24 heavy (non-hydrogen) atoms. The van der Waals surface area contributed by atoms with Gasteiger partial charge in [-0.15, -0.1) is 0 Å². The Morgan fingerprint density at radius 1 is 1.08 bits per heavy atom. The first kappa shape index (κ1) is 17.9. The van der Waals surface area contributed by atoms with Gasteiger partial charge in [0.2, 0.25) is 5.91 Å². The molecule has 8 heteroatoms. The van der Waals surface area contributed by atoms with Crippen molar-refractivity contribution in [2.75, 3.05) is 11.9 Å². The molecule has 0 fully saturated rings. The third-order valence-corrected chi connectivity index (χ3v) is 3.71. The fourth-order valence-electron chi connectivity index (χ4n) is 1.98. The van der Waals surface area contributed by atoms with Crippen LogP contribution in [0.1, 0.15) is 11.6 Å². The lowest BCUT2D eigenvalue weighted by molar-refractivity contribution is -0.134. The molecular formula is C16H15BrFN3O3. The van der Waals surface area contributed by atoms with Gasteiger partial charge in [-0.1, -0.05) is 28.1 Å². The second-order valence-corrected chi connectivity index (χ2v) is 5.80. The Kier molecular flexibility index (Phi) is 6.28. The first-order valence-electron chi connectivity index (χ1n) is 6.98. The molecule has 0 saturated carbocycles. The molecule has 0 aliphatic rings. The van der Waals surface area contributed by atoms with Gasteiger partial charge in [0.15, 0.2) is 0 Å². The molecule has 6 nitrogen and oxygen atoms in total. The molecule has 0 radical (unpaired) electrons. The van der Waals surface area contributed by atoms with Gasteiger partial charge in [0.05, 0.1) is 6.54 Å². The molecule has 0 spiro atoms. The van der Waals surface area contributed by atoms with Crippen molar-refractivity contribution in [3.63, 3.8) is 0 Å². The summed E-state index contributed by atoms with van der Waals surface area (Å²) < 4.78 is 13.6. The summed E-state index contributed by atoms with van der Waals surface area (Å²) in [5.74, 6) is -1.59. The van der Waals surface area contributed by atoms with E-state index in [-0.39, 0.29) is 12.4 Å². The number of carbonyl (C=O) groups excluding carboxylic acids is 2. The van der Waals surface area contributed by atoms with Crippen LogP contribution in [-0.4, -0.2) is 23.6 Å². The van der Waals surface area contributed by atoms with Crippen LogP contribution in [-0.2, 0) is 9.59 Å². The van der Waals surface area contributed by atoms with Crippen LogP contribution >= 0.6 is 15.9 Å². The van der Waals surface area contributed by atoms with Crippen molar-refractivity contribution in [1.82, 2.24) is 10.8 Å². The van der Waals surface area contributed by atoms with E-state index in [0.717, 1.165) is 4.47 Å². The second kappa shape index (κ2) is 8.42. The number of halogens is 2. The maximum absolute atomic E-state index is 12.8. The Morgan fingerprint density at radius 3 is 2.29 bits per heavy atom. The summed E-state index contributed by atoms with van der Waals surface area (Å²) in [6.07, 6.45) is 0. The number of hydrogen-bond acceptors (Lipinski definition) is 4. The zero-order valence-electron chi connectivity index (χ0n) is 12.4. The van der Waals surface area contributed by atoms with Gasteiger partial charge in [-0.2, -0.15) is 0 Å². The molecule has 1 atom stereocenters. The van der Waals surface area contributed by atoms with Crippen LogP contribution in [0, 0.1) is 5.82 Å². The molecule has 2 rings (SSSR count). The zero-order chi connectivity index (χ0) is 17.5. The number of amides is 2. The van der Waals surface area contributed by atoms with E-state index >= 15 is 0 Å². The van der Waals surface area contributed by atoms with Gasteiger partial charge in [0.1, 0.15) is 11.9 Å². The van der Waals surface area contributed by atoms with Crippen LogP contribution in [0.3, 0.4) is 0 Å². The summed E-state index contributed by atoms with van der Waals surface area (Å²) in [5.41, 5.74) is 2.62. The van der Waals surface area contributed by atoms with E-state index in [1.807, 2.05) is 0 Å². The van der Waals surface area contributed by atoms with Crippen LogP contribution in [0.25, 0.3) is 0 Å². The number of rotatable bonds is 6. The molecule has 0 aromatic heterocycles. The highest BCUT2D eigenvalue weighted by molar-refractivity contribution is 9.10. The quantitative estimate of drug-likeness (QED) is 0.446. The number of hydrogen-bond donors (Lipinski definition) is 4. The topological polar surface area (TPSA) is 90.5 Å². The van der Waals surface area contributed by atoms with E-state index in [9.17, 15) is 14.0 Å². The number of carbonyl (C=O) groups is 2. The molecule has 2 aromatic rings. The summed E-state index contributed by atoms with van der Waals surface area (Å²) in [4.78, 5) is 23.8. The van der Waals surface area contributed by atoms with Crippen LogP contribution in [0.2, 0.25) is 0 Å². The van der Waals surface area contributed by atoms with E-state index < -0.39 is 17.9 Å². The average Bonchev–Trinajstić information content (AvgIpc) is 2.59. The van der Waals surface area contributed by atoms with Gasteiger partial charge < -0.3 is 10.6 Å². The predicted molar refractivity (Wildman–Crippen MR) is 89.8 cm³/mol. The monoisotopic (exact) mass is 395 g/mol. The largest absolute Gasteiger partial charge is 0.376 e. The Balaban J connectivity index is 2.00. The summed E-state index contributed by atoms with van der Waals surface area (Å²) >= 11 is 3.28. The Bertz CT molecular complexity index is 708. The lowest BCUT2D eigenvalue weighted by atomic mass is 10.1. The Morgan fingerprint density at radius 2 is 1.71 bits per heavy atom. The predicted octanol–water partition coefficient (Wildman–Crippen LogP) is 2.36. The van der Waals surface area contributed by atoms with E-state index in [4.69, 9.17) is 5.21 Å². The van der Waals surface area contributed by atoms with Crippen LogP contribution < -0.4 is 16.1 Å². The second-order valence-electron chi connectivity index (χ2n) is 4.89. The van der Waals surface area contributed by atoms with Crippen LogP contribution in [0.4, 0.5) is 10.1 Å². The van der Waals surface area contributed by atoms with Gasteiger partial charge in [0, 0.05) is 10.2 Å². The number of benzene rings is 2. The van der Waals surface area contributed by atoms with E-state index in [2.05, 4.69) is 26.6 Å². The number of anilines is 1. The maximum Gasteiger partial charge on any atom is 0.270 e. The van der Waals surface area contributed by atoms with Crippen LogP contribution in [0.15, 0.2) is 53.0 Å². The molecule has 0 aliphatic heterocycles. The minimum absolute atomic E-state index is 0.114. The molecule has 0 saturated heterocycles. The SMILES string of the molecule is O=C(CNc1ccc(F)cc1)NC(C(=O)NO)c1ccc(Br)cc1. The van der Waals surface area contributed by atoms with Crippen molar-refractivity contribution in [1.29, 1.82) is 0 Å². The van der Waals surface area contributed by atoms with Crippen molar-refractivity contribution in [2.24, 2.45) is 0 Å². The Labute approximate surface area is 146 Å². The van der Waals surface area contributed by atoms with Gasteiger partial charge in [-0.25, -0.2) is 9.87 Å². The maximum atomic E-state index is 12.8. The standard InChI is InChI=1S/C16H15BrFN3O3/c17-11-3-1-10(2-4-11)15(16(23)21-24)20-14(22)9-19-13-7-5-12(18)6-8-13/h1-8,15,19,24H,9H2,(H,20,22)(H,21,23). The molecule has 2 amide bonds. The third kappa shape index (κ3) is 5.04. The summed E-state index contributed by atoms with van der Waals surface area (Å²) in [6.45, 7) is -0.114. The fraction of sp³-hybridized carbons (Fsp3) is 0.125. The Hall–Kier alpha value is -2.45. The molecule has 126 valence electrons. The summed E-state index contributed by atoms with van der Waals surface area (Å²) in [7, 11) is 0. The van der Waals surface area contributed by atoms with E-state index in [1.54, 1.807) is 24.3 Å². The third-order valence-electron chi connectivity index (χ3n) is 3.18. The molecular weight excluding hydrogens is 381 g/mol. The van der Waals surface area contributed by atoms with Crippen molar-refractivity contribution < 1.29 is 19.2 Å². The van der Waals surface area contributed by atoms with Gasteiger partial charge >= 0.3 is 0 Å². The van der Waals surface area contributed by atoms with Crippen LogP contribution in [0.5, 0.6) is 0 Å². The minimum Gasteiger partial charge on any atom is -0.376 e. The normalized spacial score (nSPS) is 11.5. The lowest BCUT2D eigenvalue weighted by Gasteiger charge is -2.17. The molecule has 0 heterocycles. The molecule has 1 unspecified atom stereocenters. The highest BCUT2D eigenvalue weighted by Crippen LogP contribution is 2.17. The lowest BCUT2D eigenvalue weighted by Crippen LogP contribution is -2.41. The number of hydroxylamine groups is 1. The summed E-state index contributed by atoms with van der Waals surface area (Å²) in [6, 6.07) is 11.2. The molecule has 2 aromatic carbocycles. The highest BCUT2D eigenvalue weighted by Gasteiger charge is 2.22. The minimum atomic E-state index is -1.04. The molecule has 4 N–H and O–H groups in total. The van der Waals surface area contributed by atoms with E-state index in [1.165, 1.54) is 29.7 Å². The molecule has 0 bridgehead atoms. The fourth-order valence-corrected chi connectivity index (χ4v) is 2.25. The average molecular weight is 396 g/mol. The van der Waals surface area contributed by atoms with Gasteiger partial charge in [0.25, 0.3) is 5.91 Å². The first-order valence-corrected chi connectivity index (χ1v) is 7.77. The van der Waals surface area contributed by atoms with Gasteiger partial charge in [-0.05, 0) is 42.0 Å².